The first-order valence-electron chi connectivity index (χ1n) is 25.1. The van der Waals surface area contributed by atoms with E-state index in [1.54, 1.807) is 27.5 Å². The average Bonchev–Trinajstić information content (AvgIpc) is 3.73. The fourth-order valence-corrected chi connectivity index (χ4v) is 16.3. The normalized spacial score (nSPS) is 26.6. The predicted molar refractivity (Wildman–Crippen MR) is 281 cm³/mol. The Morgan fingerprint density at radius 1 is 0.594 bits per heavy atom. The van der Waals surface area contributed by atoms with E-state index in [2.05, 4.69) is 184 Å². The summed E-state index contributed by atoms with van der Waals surface area (Å²) in [5.74, 6) is 0. The molecule has 12 rings (SSSR count). The molecule has 4 aliphatic heterocycles. The summed E-state index contributed by atoms with van der Waals surface area (Å²) in [5.41, 5.74) is 23.6. The Bertz CT molecular complexity index is 3080. The SMILES string of the molecule is Cc1cc(C)c2c(c1)N(c1cc3c4c(c1)-n1c5ccc(C(C)(C)C)cc5c5cc(C(C)(C)C)cc(c51)B4c1cc([Si](C)(C)C)cc4c1N3C1(C)CCCCC41C)C1(C)CCCCC21C. The van der Waals surface area contributed by atoms with Crippen molar-refractivity contribution in [3.63, 3.8) is 0 Å². The topological polar surface area (TPSA) is 11.4 Å². The number of hydrogen-bond acceptors (Lipinski definition) is 2. The van der Waals surface area contributed by atoms with Gasteiger partial charge in [0.2, 0.25) is 0 Å². The molecular weight excluding hydrogens is 790 g/mol. The molecule has 2 saturated carbocycles. The molecule has 64 heavy (non-hydrogen) atoms. The third-order valence-corrected chi connectivity index (χ3v) is 21.0. The number of nitrogens with zero attached hydrogens (tertiary/aromatic N) is 3. The summed E-state index contributed by atoms with van der Waals surface area (Å²) in [7, 11) is -1.72. The van der Waals surface area contributed by atoms with E-state index in [0.717, 1.165) is 0 Å². The highest BCUT2D eigenvalue weighted by Gasteiger charge is 2.63. The predicted octanol–water partition coefficient (Wildman–Crippen LogP) is 13.2. The van der Waals surface area contributed by atoms with Crippen LogP contribution < -0.4 is 31.4 Å². The molecule has 6 aliphatic rings. The minimum absolute atomic E-state index is 0.00602. The Balaban J connectivity index is 1.28. The number of anilines is 4. The summed E-state index contributed by atoms with van der Waals surface area (Å²) in [6.07, 6.45) is 10.0. The first-order chi connectivity index (χ1) is 29.9. The zero-order valence-corrected chi connectivity index (χ0v) is 42.9. The summed E-state index contributed by atoms with van der Waals surface area (Å²) in [5, 5.41) is 4.43. The average molecular weight is 862 g/mol. The first kappa shape index (κ1) is 41.2. The molecule has 0 bridgehead atoms. The molecule has 5 aromatic carbocycles. The maximum Gasteiger partial charge on any atom is 0.252 e. The van der Waals surface area contributed by atoms with Gasteiger partial charge in [-0.3, -0.25) is 0 Å². The van der Waals surface area contributed by atoms with Crippen LogP contribution in [-0.4, -0.2) is 30.4 Å². The van der Waals surface area contributed by atoms with Gasteiger partial charge in [-0.1, -0.05) is 136 Å². The molecule has 0 N–H and O–H groups in total. The molecule has 4 unspecified atom stereocenters. The molecule has 0 saturated heterocycles. The minimum Gasteiger partial charge on any atom is -0.335 e. The van der Waals surface area contributed by atoms with E-state index in [1.807, 2.05) is 0 Å². The van der Waals surface area contributed by atoms with Crippen molar-refractivity contribution in [2.75, 3.05) is 9.80 Å². The number of aryl methyl sites for hydroxylation is 2. The Morgan fingerprint density at radius 2 is 1.22 bits per heavy atom. The van der Waals surface area contributed by atoms with Gasteiger partial charge >= 0.3 is 0 Å². The number of aromatic nitrogens is 1. The molecule has 5 heterocycles. The lowest BCUT2D eigenvalue weighted by molar-refractivity contribution is 0.193. The van der Waals surface area contributed by atoms with Crippen molar-refractivity contribution in [1.29, 1.82) is 0 Å². The summed E-state index contributed by atoms with van der Waals surface area (Å²) in [4.78, 5) is 5.89. The Morgan fingerprint density at radius 3 is 1.89 bits per heavy atom. The second-order valence-corrected chi connectivity index (χ2v) is 30.9. The third kappa shape index (κ3) is 4.91. The van der Waals surface area contributed by atoms with Gasteiger partial charge in [-0.25, -0.2) is 0 Å². The maximum atomic E-state index is 2.99. The molecule has 2 fully saturated rings. The lowest BCUT2D eigenvalue weighted by Gasteiger charge is -2.53. The maximum absolute atomic E-state index is 2.99. The molecule has 0 radical (unpaired) electrons. The molecule has 6 aromatic rings. The van der Waals surface area contributed by atoms with Gasteiger partial charge in [0, 0.05) is 55.6 Å². The van der Waals surface area contributed by atoms with E-state index in [4.69, 9.17) is 0 Å². The summed E-state index contributed by atoms with van der Waals surface area (Å²) >= 11 is 0. The highest BCUT2D eigenvalue weighted by atomic mass is 28.3. The zero-order chi connectivity index (χ0) is 45.2. The first-order valence-corrected chi connectivity index (χ1v) is 28.6. The van der Waals surface area contributed by atoms with Crippen LogP contribution in [0.1, 0.15) is 154 Å². The Kier molecular flexibility index (Phi) is 7.99. The zero-order valence-electron chi connectivity index (χ0n) is 41.9. The standard InChI is InChI=1S/C59H72BN3Si/c1-35-26-36(2)50-47(27-35)62(59(12)25-19-17-23-57(50,59)10)39-31-48-51-49(32-39)63-53-43(56(9)22-16-18-24-58(56,63)11)33-40(64(13,14)15)34-45(53)60(51)44-30-38(55(6,7)8)29-42-41-28-37(54(3,4)5)20-21-46(41)61(48)52(42)44/h20-21,26-34H,16-19,22-25H2,1-15H3. The Hall–Kier alpha value is -4.22. The van der Waals surface area contributed by atoms with Crippen LogP contribution in [0.5, 0.6) is 0 Å². The smallest absolute Gasteiger partial charge is 0.252 e. The molecule has 3 nitrogen and oxygen atoms in total. The summed E-state index contributed by atoms with van der Waals surface area (Å²) in [6.45, 7) is 37.6. The van der Waals surface area contributed by atoms with Crippen molar-refractivity contribution < 1.29 is 0 Å². The monoisotopic (exact) mass is 862 g/mol. The van der Waals surface area contributed by atoms with Crippen LogP contribution >= 0.6 is 0 Å². The van der Waals surface area contributed by atoms with Gasteiger partial charge in [0.25, 0.3) is 6.71 Å². The molecule has 1 aromatic heterocycles. The van der Waals surface area contributed by atoms with Crippen molar-refractivity contribution in [2.45, 2.75) is 187 Å². The van der Waals surface area contributed by atoms with Crippen LogP contribution in [0.15, 0.2) is 66.7 Å². The molecule has 330 valence electrons. The summed E-state index contributed by atoms with van der Waals surface area (Å²) < 4.78 is 2.77. The lowest BCUT2D eigenvalue weighted by Crippen LogP contribution is -2.64. The van der Waals surface area contributed by atoms with Gasteiger partial charge in [0.1, 0.15) is 0 Å². The van der Waals surface area contributed by atoms with E-state index in [-0.39, 0.29) is 39.5 Å². The molecule has 4 atom stereocenters. The van der Waals surface area contributed by atoms with Crippen molar-refractivity contribution in [3.8, 4) is 5.69 Å². The van der Waals surface area contributed by atoms with Gasteiger partial charge in [-0.05, 0) is 150 Å². The van der Waals surface area contributed by atoms with Crippen molar-refractivity contribution in [1.82, 2.24) is 4.57 Å². The van der Waals surface area contributed by atoms with E-state index in [0.29, 0.717) is 0 Å². The van der Waals surface area contributed by atoms with Crippen molar-refractivity contribution >= 4 is 80.9 Å². The quantitative estimate of drug-likeness (QED) is 0.160. The van der Waals surface area contributed by atoms with E-state index < -0.39 is 8.07 Å². The van der Waals surface area contributed by atoms with Crippen LogP contribution in [-0.2, 0) is 21.7 Å². The number of benzene rings is 5. The van der Waals surface area contributed by atoms with Gasteiger partial charge in [-0.15, -0.1) is 0 Å². The van der Waals surface area contributed by atoms with Crippen LogP contribution in [0.4, 0.5) is 22.7 Å². The second kappa shape index (κ2) is 12.4. The molecule has 2 aliphatic carbocycles. The minimum atomic E-state index is -1.72. The number of rotatable bonds is 2. The van der Waals surface area contributed by atoms with Gasteiger partial charge < -0.3 is 14.4 Å². The van der Waals surface area contributed by atoms with Crippen molar-refractivity contribution in [2.24, 2.45) is 0 Å². The summed E-state index contributed by atoms with van der Waals surface area (Å²) in [6, 6.07) is 28.7. The molecule has 0 spiro atoms. The second-order valence-electron chi connectivity index (χ2n) is 25.8. The van der Waals surface area contributed by atoms with Gasteiger partial charge in [-0.2, -0.15) is 0 Å². The number of fused-ring (bicyclic) bond motifs is 13. The fourth-order valence-electron chi connectivity index (χ4n) is 15.1. The number of hydrogen-bond donors (Lipinski definition) is 0. The van der Waals surface area contributed by atoms with Gasteiger partial charge in [0.05, 0.1) is 24.7 Å². The Labute approximate surface area is 386 Å². The van der Waals surface area contributed by atoms with Gasteiger partial charge in [0.15, 0.2) is 0 Å². The molecular formula is C59H72BN3Si. The highest BCUT2D eigenvalue weighted by molar-refractivity contribution is 7.01. The fraction of sp³-hybridized carbons (Fsp3) is 0.492. The highest BCUT2D eigenvalue weighted by Crippen LogP contribution is 2.65. The van der Waals surface area contributed by atoms with Crippen LogP contribution in [0.2, 0.25) is 19.6 Å². The third-order valence-electron chi connectivity index (χ3n) is 19.0. The van der Waals surface area contributed by atoms with E-state index >= 15 is 0 Å². The van der Waals surface area contributed by atoms with Crippen molar-refractivity contribution in [3.05, 3.63) is 100 Å². The van der Waals surface area contributed by atoms with E-state index in [9.17, 15) is 0 Å². The largest absolute Gasteiger partial charge is 0.335 e. The van der Waals surface area contributed by atoms with Crippen LogP contribution in [0, 0.1) is 13.8 Å². The van der Waals surface area contributed by atoms with Crippen LogP contribution in [0.3, 0.4) is 0 Å². The van der Waals surface area contributed by atoms with Crippen LogP contribution in [0.25, 0.3) is 27.5 Å². The lowest BCUT2D eigenvalue weighted by atomic mass is 9.33. The molecule has 5 heteroatoms. The van der Waals surface area contributed by atoms with E-state index in [1.165, 1.54) is 129 Å². The molecule has 0 amide bonds.